The highest BCUT2D eigenvalue weighted by molar-refractivity contribution is 5.87. The highest BCUT2D eigenvalue weighted by atomic mass is 19.1. The van der Waals surface area contributed by atoms with Gasteiger partial charge in [-0.15, -0.1) is 0 Å². The molecule has 6 nitrogen and oxygen atoms in total. The molecule has 0 aromatic heterocycles. The Morgan fingerprint density at radius 1 is 1.03 bits per heavy atom. The Hall–Kier alpha value is -3.09. The maximum absolute atomic E-state index is 13.2. The molecule has 0 fully saturated rings. The Morgan fingerprint density at radius 3 is 2.24 bits per heavy atom. The summed E-state index contributed by atoms with van der Waals surface area (Å²) in [6.45, 7) is 1.90. The minimum Gasteiger partial charge on any atom is -0.493 e. The average Bonchev–Trinajstić information content (AvgIpc) is 2.75. The summed E-state index contributed by atoms with van der Waals surface area (Å²) in [6.07, 6.45) is 0.706. The van der Waals surface area contributed by atoms with E-state index >= 15 is 0 Å². The summed E-state index contributed by atoms with van der Waals surface area (Å²) in [4.78, 5) is 26.6. The first kappa shape index (κ1) is 22.2. The van der Waals surface area contributed by atoms with Crippen molar-refractivity contribution in [1.29, 1.82) is 0 Å². The van der Waals surface area contributed by atoms with E-state index in [0.29, 0.717) is 17.9 Å². The van der Waals surface area contributed by atoms with Crippen molar-refractivity contribution in [3.8, 4) is 11.5 Å². The zero-order valence-corrected chi connectivity index (χ0v) is 17.2. The van der Waals surface area contributed by atoms with Gasteiger partial charge in [0.25, 0.3) is 0 Å². The van der Waals surface area contributed by atoms with Gasteiger partial charge in [-0.1, -0.05) is 18.2 Å². The van der Waals surface area contributed by atoms with Crippen molar-refractivity contribution in [2.75, 3.05) is 21.3 Å². The van der Waals surface area contributed by atoms with Gasteiger partial charge in [-0.3, -0.25) is 9.59 Å². The molecule has 0 radical (unpaired) electrons. The van der Waals surface area contributed by atoms with Crippen LogP contribution in [0.15, 0.2) is 42.5 Å². The van der Waals surface area contributed by atoms with Gasteiger partial charge in [0, 0.05) is 20.0 Å². The summed E-state index contributed by atoms with van der Waals surface area (Å²) >= 11 is 0. The number of carbonyl (C=O) groups excluding carboxylic acids is 2. The van der Waals surface area contributed by atoms with Crippen molar-refractivity contribution >= 4 is 11.8 Å². The van der Waals surface area contributed by atoms with Crippen LogP contribution in [0, 0.1) is 5.82 Å². The van der Waals surface area contributed by atoms with Gasteiger partial charge in [0.1, 0.15) is 11.9 Å². The normalized spacial score (nSPS) is 11.5. The second-order valence-electron chi connectivity index (χ2n) is 6.63. The monoisotopic (exact) mass is 402 g/mol. The fourth-order valence-electron chi connectivity index (χ4n) is 3.01. The van der Waals surface area contributed by atoms with E-state index in [4.69, 9.17) is 9.47 Å². The molecule has 1 N–H and O–H groups in total. The standard InChI is InChI=1S/C22H27FN2O4/c1-15(22(27)24-2)25(14-17-5-9-18(23)10-6-17)21(26)12-8-16-7-11-19(28-3)20(13-16)29-4/h5-7,9-11,13,15H,8,12,14H2,1-4H3,(H,24,27)/t15-/m1/s1. The van der Waals surface area contributed by atoms with Crippen LogP contribution in [-0.4, -0.2) is 44.0 Å². The highest BCUT2D eigenvalue weighted by Crippen LogP contribution is 2.28. The highest BCUT2D eigenvalue weighted by Gasteiger charge is 2.25. The van der Waals surface area contributed by atoms with Gasteiger partial charge in [0.2, 0.25) is 11.8 Å². The molecule has 2 amide bonds. The van der Waals surface area contributed by atoms with Crippen molar-refractivity contribution in [2.24, 2.45) is 0 Å². The number of aryl methyl sites for hydroxylation is 1. The maximum atomic E-state index is 13.2. The molecule has 0 heterocycles. The Labute approximate surface area is 170 Å². The third-order valence-corrected chi connectivity index (χ3v) is 4.76. The number of benzene rings is 2. The van der Waals surface area contributed by atoms with Crippen molar-refractivity contribution in [3.05, 3.63) is 59.4 Å². The third kappa shape index (κ3) is 5.94. The molecule has 156 valence electrons. The molecule has 0 saturated carbocycles. The summed E-state index contributed by atoms with van der Waals surface area (Å²) in [5.41, 5.74) is 1.67. The first-order valence-corrected chi connectivity index (χ1v) is 9.36. The van der Waals surface area contributed by atoms with Gasteiger partial charge in [0.15, 0.2) is 11.5 Å². The summed E-state index contributed by atoms with van der Waals surface area (Å²) in [5.74, 6) is 0.444. The van der Waals surface area contributed by atoms with E-state index in [1.54, 1.807) is 39.3 Å². The van der Waals surface area contributed by atoms with Crippen LogP contribution >= 0.6 is 0 Å². The number of carbonyl (C=O) groups is 2. The molecular formula is C22H27FN2O4. The van der Waals surface area contributed by atoms with Gasteiger partial charge in [-0.25, -0.2) is 4.39 Å². The van der Waals surface area contributed by atoms with Gasteiger partial charge in [0.05, 0.1) is 14.2 Å². The number of ether oxygens (including phenoxy) is 2. The fourth-order valence-corrected chi connectivity index (χ4v) is 3.01. The Kier molecular flexibility index (Phi) is 8.00. The van der Waals surface area contributed by atoms with Crippen molar-refractivity contribution in [1.82, 2.24) is 10.2 Å². The van der Waals surface area contributed by atoms with Crippen LogP contribution in [0.4, 0.5) is 4.39 Å². The second-order valence-corrected chi connectivity index (χ2v) is 6.63. The van der Waals surface area contributed by atoms with Crippen LogP contribution in [-0.2, 0) is 22.6 Å². The molecule has 2 aromatic rings. The molecule has 0 bridgehead atoms. The molecule has 0 unspecified atom stereocenters. The van der Waals surface area contributed by atoms with Gasteiger partial charge in [-0.2, -0.15) is 0 Å². The molecule has 0 spiro atoms. The zero-order chi connectivity index (χ0) is 21.4. The molecule has 0 saturated heterocycles. The zero-order valence-electron chi connectivity index (χ0n) is 17.2. The molecule has 0 aliphatic heterocycles. The average molecular weight is 402 g/mol. The number of halogens is 1. The lowest BCUT2D eigenvalue weighted by atomic mass is 10.1. The van der Waals surface area contributed by atoms with Crippen LogP contribution in [0.3, 0.4) is 0 Å². The predicted octanol–water partition coefficient (Wildman–Crippen LogP) is 2.94. The number of nitrogens with zero attached hydrogens (tertiary/aromatic N) is 1. The van der Waals surface area contributed by atoms with E-state index in [0.717, 1.165) is 11.1 Å². The van der Waals surface area contributed by atoms with Crippen LogP contribution in [0.1, 0.15) is 24.5 Å². The van der Waals surface area contributed by atoms with E-state index in [1.807, 2.05) is 12.1 Å². The summed E-state index contributed by atoms with van der Waals surface area (Å²) in [7, 11) is 4.65. The molecule has 0 aliphatic rings. The Balaban J connectivity index is 2.14. The van der Waals surface area contributed by atoms with E-state index in [-0.39, 0.29) is 30.6 Å². The number of rotatable bonds is 9. The number of methoxy groups -OCH3 is 2. The summed E-state index contributed by atoms with van der Waals surface area (Å²) in [5, 5.41) is 2.57. The first-order chi connectivity index (χ1) is 13.9. The molecule has 0 aliphatic carbocycles. The quantitative estimate of drug-likeness (QED) is 0.700. The van der Waals surface area contributed by atoms with Gasteiger partial charge < -0.3 is 19.7 Å². The van der Waals surface area contributed by atoms with Crippen LogP contribution in [0.25, 0.3) is 0 Å². The van der Waals surface area contributed by atoms with Crippen LogP contribution in [0.5, 0.6) is 11.5 Å². The summed E-state index contributed by atoms with van der Waals surface area (Å²) < 4.78 is 23.7. The molecule has 2 rings (SSSR count). The van der Waals surface area contributed by atoms with Crippen molar-refractivity contribution in [2.45, 2.75) is 32.4 Å². The molecule has 7 heteroatoms. The van der Waals surface area contributed by atoms with Crippen LogP contribution in [0.2, 0.25) is 0 Å². The van der Waals surface area contributed by atoms with E-state index in [1.165, 1.54) is 24.1 Å². The molecular weight excluding hydrogens is 375 g/mol. The maximum Gasteiger partial charge on any atom is 0.242 e. The number of likely N-dealkylation sites (N-methyl/N-ethyl adjacent to an activating group) is 1. The molecule has 2 aromatic carbocycles. The molecule has 29 heavy (non-hydrogen) atoms. The smallest absolute Gasteiger partial charge is 0.242 e. The van der Waals surface area contributed by atoms with E-state index < -0.39 is 6.04 Å². The first-order valence-electron chi connectivity index (χ1n) is 9.36. The number of hydrogen-bond acceptors (Lipinski definition) is 4. The fraction of sp³-hybridized carbons (Fsp3) is 0.364. The lowest BCUT2D eigenvalue weighted by molar-refractivity contribution is -0.140. The third-order valence-electron chi connectivity index (χ3n) is 4.76. The number of nitrogens with one attached hydrogen (secondary N) is 1. The van der Waals surface area contributed by atoms with Gasteiger partial charge >= 0.3 is 0 Å². The number of amides is 2. The predicted molar refractivity (Wildman–Crippen MR) is 108 cm³/mol. The second kappa shape index (κ2) is 10.5. The largest absolute Gasteiger partial charge is 0.493 e. The topological polar surface area (TPSA) is 67.9 Å². The SMILES string of the molecule is CNC(=O)[C@@H](C)N(Cc1ccc(F)cc1)C(=O)CCc1ccc(OC)c(OC)c1. The van der Waals surface area contributed by atoms with Crippen molar-refractivity contribution < 1.29 is 23.5 Å². The lowest BCUT2D eigenvalue weighted by Crippen LogP contribution is -2.46. The molecule has 1 atom stereocenters. The van der Waals surface area contributed by atoms with E-state index in [9.17, 15) is 14.0 Å². The van der Waals surface area contributed by atoms with E-state index in [2.05, 4.69) is 5.32 Å². The van der Waals surface area contributed by atoms with Crippen LogP contribution < -0.4 is 14.8 Å². The lowest BCUT2D eigenvalue weighted by Gasteiger charge is -2.28. The minimum atomic E-state index is -0.650. The Bertz CT molecular complexity index is 839. The van der Waals surface area contributed by atoms with Crippen molar-refractivity contribution in [3.63, 3.8) is 0 Å². The van der Waals surface area contributed by atoms with Gasteiger partial charge in [-0.05, 0) is 48.7 Å². The minimum absolute atomic E-state index is 0.166. The Morgan fingerprint density at radius 2 is 1.66 bits per heavy atom. The summed E-state index contributed by atoms with van der Waals surface area (Å²) in [6, 6.07) is 10.8. The number of hydrogen-bond donors (Lipinski definition) is 1.